The van der Waals surface area contributed by atoms with Crippen LogP contribution in [-0.4, -0.2) is 63.8 Å². The molecule has 1 N–H and O–H groups in total. The smallest absolute Gasteiger partial charge is 0.271 e. The summed E-state index contributed by atoms with van der Waals surface area (Å²) in [6, 6.07) is 10.3. The average Bonchev–Trinajstić information content (AvgIpc) is 3.23. The van der Waals surface area contributed by atoms with Crippen LogP contribution in [0, 0.1) is 12.8 Å². The van der Waals surface area contributed by atoms with E-state index in [-0.39, 0.29) is 23.8 Å². The second kappa shape index (κ2) is 9.34. The molecule has 1 saturated carbocycles. The number of carbonyl (C=O) groups is 2. The normalized spacial score (nSPS) is 22.1. The Morgan fingerprint density at radius 1 is 1.03 bits per heavy atom. The first-order valence-electron chi connectivity index (χ1n) is 10.7. The lowest BCUT2D eigenvalue weighted by Gasteiger charge is -2.37. The molecule has 2 amide bonds. The van der Waals surface area contributed by atoms with Gasteiger partial charge in [0.1, 0.15) is 5.69 Å². The van der Waals surface area contributed by atoms with E-state index >= 15 is 0 Å². The highest BCUT2D eigenvalue weighted by molar-refractivity contribution is 5.92. The van der Waals surface area contributed by atoms with Crippen molar-refractivity contribution in [1.29, 1.82) is 0 Å². The first-order chi connectivity index (χ1) is 14.6. The summed E-state index contributed by atoms with van der Waals surface area (Å²) < 4.78 is 0. The van der Waals surface area contributed by atoms with Crippen LogP contribution in [-0.2, 0) is 11.3 Å². The third-order valence-electron chi connectivity index (χ3n) is 6.10. The Balaban J connectivity index is 1.30. The number of rotatable bonds is 5. The van der Waals surface area contributed by atoms with Gasteiger partial charge in [-0.3, -0.25) is 19.5 Å². The van der Waals surface area contributed by atoms with Crippen LogP contribution in [0.5, 0.6) is 0 Å². The number of piperazine rings is 1. The van der Waals surface area contributed by atoms with E-state index in [1.165, 1.54) is 11.8 Å². The lowest BCUT2D eigenvalue weighted by Crippen LogP contribution is -2.52. The van der Waals surface area contributed by atoms with Gasteiger partial charge < -0.3 is 10.2 Å². The fourth-order valence-corrected chi connectivity index (χ4v) is 4.38. The zero-order valence-corrected chi connectivity index (χ0v) is 17.5. The van der Waals surface area contributed by atoms with Gasteiger partial charge in [0.2, 0.25) is 5.91 Å². The molecule has 7 heteroatoms. The van der Waals surface area contributed by atoms with Crippen molar-refractivity contribution in [3.63, 3.8) is 0 Å². The van der Waals surface area contributed by atoms with Crippen LogP contribution >= 0.6 is 0 Å². The number of nitrogens with one attached hydrogen (secondary N) is 1. The van der Waals surface area contributed by atoms with Crippen molar-refractivity contribution in [1.82, 2.24) is 25.1 Å². The molecule has 4 rings (SSSR count). The Morgan fingerprint density at radius 3 is 2.50 bits per heavy atom. The number of carbonyl (C=O) groups excluding carboxylic acids is 2. The van der Waals surface area contributed by atoms with Crippen molar-refractivity contribution in [3.05, 3.63) is 59.7 Å². The molecule has 7 nitrogen and oxygen atoms in total. The maximum Gasteiger partial charge on any atom is 0.271 e. The van der Waals surface area contributed by atoms with Crippen LogP contribution in [0.15, 0.2) is 42.7 Å². The SMILES string of the molecule is Cc1cnc(C(=O)N[C@@H]2CCC[C@@H]2C(=O)N2CCN(Cc3ccccc3)CC2)cn1. The van der Waals surface area contributed by atoms with E-state index in [4.69, 9.17) is 0 Å². The Hall–Kier alpha value is -2.80. The van der Waals surface area contributed by atoms with Crippen LogP contribution in [0.2, 0.25) is 0 Å². The topological polar surface area (TPSA) is 78.4 Å². The minimum Gasteiger partial charge on any atom is -0.347 e. The van der Waals surface area contributed by atoms with Gasteiger partial charge in [0.25, 0.3) is 5.91 Å². The summed E-state index contributed by atoms with van der Waals surface area (Å²) in [7, 11) is 0. The number of amides is 2. The molecule has 1 saturated heterocycles. The van der Waals surface area contributed by atoms with Gasteiger partial charge in [0.15, 0.2) is 0 Å². The highest BCUT2D eigenvalue weighted by Gasteiger charge is 2.37. The van der Waals surface area contributed by atoms with E-state index < -0.39 is 0 Å². The predicted molar refractivity (Wildman–Crippen MR) is 114 cm³/mol. The molecule has 0 radical (unpaired) electrons. The van der Waals surface area contributed by atoms with Gasteiger partial charge in [-0.05, 0) is 25.3 Å². The predicted octanol–water partition coefficient (Wildman–Crippen LogP) is 2.03. The first kappa shape index (κ1) is 20.5. The van der Waals surface area contributed by atoms with Gasteiger partial charge in [-0.25, -0.2) is 4.98 Å². The second-order valence-corrected chi connectivity index (χ2v) is 8.25. The summed E-state index contributed by atoms with van der Waals surface area (Å²) >= 11 is 0. The Labute approximate surface area is 177 Å². The van der Waals surface area contributed by atoms with Crippen molar-refractivity contribution in [2.45, 2.75) is 38.8 Å². The van der Waals surface area contributed by atoms with Crippen molar-refractivity contribution in [2.75, 3.05) is 26.2 Å². The van der Waals surface area contributed by atoms with Crippen LogP contribution in [0.4, 0.5) is 0 Å². The summed E-state index contributed by atoms with van der Waals surface area (Å²) in [4.78, 5) is 38.3. The molecule has 1 aliphatic heterocycles. The third-order valence-corrected chi connectivity index (χ3v) is 6.10. The Bertz CT molecular complexity index is 863. The van der Waals surface area contributed by atoms with Crippen LogP contribution in [0.1, 0.15) is 41.0 Å². The molecule has 1 aromatic heterocycles. The van der Waals surface area contributed by atoms with Gasteiger partial charge in [-0.15, -0.1) is 0 Å². The quantitative estimate of drug-likeness (QED) is 0.821. The molecule has 2 aliphatic rings. The Kier molecular flexibility index (Phi) is 6.38. The zero-order chi connectivity index (χ0) is 20.9. The average molecular weight is 408 g/mol. The fraction of sp³-hybridized carbons (Fsp3) is 0.478. The second-order valence-electron chi connectivity index (χ2n) is 8.25. The van der Waals surface area contributed by atoms with Crippen molar-refractivity contribution in [2.24, 2.45) is 5.92 Å². The highest BCUT2D eigenvalue weighted by Crippen LogP contribution is 2.28. The van der Waals surface area contributed by atoms with Gasteiger partial charge in [-0.2, -0.15) is 0 Å². The third kappa shape index (κ3) is 4.84. The van der Waals surface area contributed by atoms with E-state index in [1.54, 1.807) is 6.20 Å². The fourth-order valence-electron chi connectivity index (χ4n) is 4.38. The van der Waals surface area contributed by atoms with Crippen LogP contribution < -0.4 is 5.32 Å². The lowest BCUT2D eigenvalue weighted by molar-refractivity contribution is -0.137. The minimum absolute atomic E-state index is 0.129. The summed E-state index contributed by atoms with van der Waals surface area (Å²) in [5.41, 5.74) is 2.37. The minimum atomic E-state index is -0.250. The van der Waals surface area contributed by atoms with Crippen LogP contribution in [0.3, 0.4) is 0 Å². The van der Waals surface area contributed by atoms with E-state index in [1.807, 2.05) is 17.9 Å². The van der Waals surface area contributed by atoms with Gasteiger partial charge in [0.05, 0.1) is 17.8 Å². The zero-order valence-electron chi connectivity index (χ0n) is 17.5. The van der Waals surface area contributed by atoms with Crippen molar-refractivity contribution < 1.29 is 9.59 Å². The lowest BCUT2D eigenvalue weighted by atomic mass is 10.0. The van der Waals surface area contributed by atoms with E-state index in [0.29, 0.717) is 5.69 Å². The maximum absolute atomic E-state index is 13.2. The van der Waals surface area contributed by atoms with E-state index in [0.717, 1.165) is 57.7 Å². The molecule has 2 heterocycles. The molecule has 1 aliphatic carbocycles. The maximum atomic E-state index is 13.2. The first-order valence-corrected chi connectivity index (χ1v) is 10.7. The molecule has 0 spiro atoms. The summed E-state index contributed by atoms with van der Waals surface area (Å²) in [5.74, 6) is -0.222. The highest BCUT2D eigenvalue weighted by atomic mass is 16.2. The standard InChI is InChI=1S/C23H29N5O2/c1-17-14-25-21(15-24-17)22(29)26-20-9-5-8-19(20)23(30)28-12-10-27(11-13-28)16-18-6-3-2-4-7-18/h2-4,6-7,14-15,19-20H,5,8-13,16H2,1H3,(H,26,29)/t19-,20+/m0/s1. The Morgan fingerprint density at radius 2 is 1.80 bits per heavy atom. The molecule has 2 fully saturated rings. The van der Waals surface area contributed by atoms with Gasteiger partial charge in [0, 0.05) is 45.0 Å². The molecular weight excluding hydrogens is 378 g/mol. The van der Waals surface area contributed by atoms with Crippen molar-refractivity contribution in [3.8, 4) is 0 Å². The van der Waals surface area contributed by atoms with Crippen molar-refractivity contribution >= 4 is 11.8 Å². The number of aryl methyl sites for hydroxylation is 1. The van der Waals surface area contributed by atoms with E-state index in [2.05, 4.69) is 44.5 Å². The monoisotopic (exact) mass is 407 g/mol. The molecule has 0 bridgehead atoms. The molecule has 2 aromatic rings. The van der Waals surface area contributed by atoms with Gasteiger partial charge in [-0.1, -0.05) is 36.8 Å². The summed E-state index contributed by atoms with van der Waals surface area (Å²) in [6.45, 7) is 5.99. The van der Waals surface area contributed by atoms with Crippen LogP contribution in [0.25, 0.3) is 0 Å². The molecule has 0 unspecified atom stereocenters. The number of benzene rings is 1. The largest absolute Gasteiger partial charge is 0.347 e. The molecule has 1 aromatic carbocycles. The van der Waals surface area contributed by atoms with Gasteiger partial charge >= 0.3 is 0 Å². The van der Waals surface area contributed by atoms with E-state index in [9.17, 15) is 9.59 Å². The number of hydrogen-bond donors (Lipinski definition) is 1. The number of aromatic nitrogens is 2. The molecule has 2 atom stereocenters. The molecule has 30 heavy (non-hydrogen) atoms. The number of hydrogen-bond acceptors (Lipinski definition) is 5. The summed E-state index contributed by atoms with van der Waals surface area (Å²) in [6.07, 6.45) is 5.68. The number of nitrogens with zero attached hydrogens (tertiary/aromatic N) is 4. The summed E-state index contributed by atoms with van der Waals surface area (Å²) in [5, 5.41) is 3.03. The molecule has 158 valence electrons. The molecular formula is C23H29N5O2.